The molecule has 1 fully saturated rings. The molecule has 7 nitrogen and oxygen atoms in total. The van der Waals surface area contributed by atoms with Crippen molar-refractivity contribution in [2.45, 2.75) is 64.6 Å². The van der Waals surface area contributed by atoms with E-state index in [4.69, 9.17) is 18.9 Å². The number of likely N-dealkylation sites (tertiary alicyclic amines) is 1. The number of imidazole rings is 1. The summed E-state index contributed by atoms with van der Waals surface area (Å²) in [4.78, 5) is 6.88. The van der Waals surface area contributed by atoms with Crippen molar-refractivity contribution in [2.24, 2.45) is 0 Å². The van der Waals surface area contributed by atoms with Crippen LogP contribution in [0, 0.1) is 6.92 Å². The van der Waals surface area contributed by atoms with Crippen molar-refractivity contribution in [1.29, 1.82) is 0 Å². The SMILES string of the molecule is CCc1nccn1CCCOc1ccc(CN2CCC[C@@](COc3ccc(C)cc3)(OC)CC2)cc1OC. The zero-order chi connectivity index (χ0) is 26.8. The van der Waals surface area contributed by atoms with Crippen molar-refractivity contribution < 1.29 is 18.9 Å². The lowest BCUT2D eigenvalue weighted by Gasteiger charge is -2.31. The monoisotopic (exact) mass is 521 g/mol. The number of aromatic nitrogens is 2. The van der Waals surface area contributed by atoms with Gasteiger partial charge in [-0.2, -0.15) is 0 Å². The Morgan fingerprint density at radius 1 is 0.974 bits per heavy atom. The largest absolute Gasteiger partial charge is 0.493 e. The lowest BCUT2D eigenvalue weighted by atomic mass is 9.95. The minimum atomic E-state index is -0.260. The van der Waals surface area contributed by atoms with Gasteiger partial charge in [0.1, 0.15) is 23.8 Å². The Bertz CT molecular complexity index is 1130. The first kappa shape index (κ1) is 28.0. The van der Waals surface area contributed by atoms with Gasteiger partial charge in [0.15, 0.2) is 11.5 Å². The lowest BCUT2D eigenvalue weighted by Crippen LogP contribution is -2.39. The molecular weight excluding hydrogens is 478 g/mol. The van der Waals surface area contributed by atoms with Gasteiger partial charge in [0.2, 0.25) is 0 Å². The standard InChI is InChI=1S/C31H43N3O4/c1-5-30-32-16-20-34(30)18-7-21-37-28-13-10-26(22-29(28)35-3)23-33-17-6-14-31(36-4,15-19-33)24-38-27-11-8-25(2)9-12-27/h8-13,16,20,22H,5-7,14-15,17-19,21,23-24H2,1-4H3/t31-/m1/s1. The summed E-state index contributed by atoms with van der Waals surface area (Å²) < 4.78 is 26.1. The first-order valence-corrected chi connectivity index (χ1v) is 13.8. The molecule has 1 aliphatic rings. The van der Waals surface area contributed by atoms with Gasteiger partial charge in [-0.1, -0.05) is 30.7 Å². The van der Waals surface area contributed by atoms with Crippen LogP contribution in [0.5, 0.6) is 17.2 Å². The molecule has 0 spiro atoms. The van der Waals surface area contributed by atoms with Crippen LogP contribution >= 0.6 is 0 Å². The predicted molar refractivity (Wildman–Crippen MR) is 150 cm³/mol. The fourth-order valence-corrected chi connectivity index (χ4v) is 5.10. The van der Waals surface area contributed by atoms with Crippen LogP contribution in [0.2, 0.25) is 0 Å². The quantitative estimate of drug-likeness (QED) is 0.270. The number of benzene rings is 2. The van der Waals surface area contributed by atoms with Crippen molar-refractivity contribution in [3.8, 4) is 17.2 Å². The van der Waals surface area contributed by atoms with Crippen LogP contribution < -0.4 is 14.2 Å². The second-order valence-electron chi connectivity index (χ2n) is 10.2. The fourth-order valence-electron chi connectivity index (χ4n) is 5.10. The van der Waals surface area contributed by atoms with Crippen LogP contribution in [-0.4, -0.2) is 60.6 Å². The Morgan fingerprint density at radius 3 is 2.58 bits per heavy atom. The second kappa shape index (κ2) is 13.7. The van der Waals surface area contributed by atoms with Gasteiger partial charge in [-0.15, -0.1) is 0 Å². The normalized spacial score (nSPS) is 18.2. The molecule has 2 aromatic carbocycles. The van der Waals surface area contributed by atoms with E-state index in [2.05, 4.69) is 52.6 Å². The first-order chi connectivity index (χ1) is 18.5. The van der Waals surface area contributed by atoms with Crippen molar-refractivity contribution in [3.63, 3.8) is 0 Å². The zero-order valence-electron chi connectivity index (χ0n) is 23.4. The molecule has 4 rings (SSSR count). The van der Waals surface area contributed by atoms with E-state index in [1.807, 2.05) is 37.7 Å². The van der Waals surface area contributed by atoms with Crippen LogP contribution in [0.15, 0.2) is 54.9 Å². The molecule has 3 aromatic rings. The summed E-state index contributed by atoms with van der Waals surface area (Å²) in [5.41, 5.74) is 2.20. The van der Waals surface area contributed by atoms with Crippen LogP contribution in [0.25, 0.3) is 0 Å². The molecule has 1 saturated heterocycles. The minimum absolute atomic E-state index is 0.260. The van der Waals surface area contributed by atoms with Crippen molar-refractivity contribution in [1.82, 2.24) is 14.5 Å². The van der Waals surface area contributed by atoms with E-state index >= 15 is 0 Å². The average molecular weight is 522 g/mol. The molecule has 1 aliphatic heterocycles. The Kier molecular flexibility index (Phi) is 10.1. The lowest BCUT2D eigenvalue weighted by molar-refractivity contribution is -0.0541. The van der Waals surface area contributed by atoms with Crippen LogP contribution in [0.1, 0.15) is 49.6 Å². The molecule has 0 aliphatic carbocycles. The Morgan fingerprint density at radius 2 is 1.82 bits per heavy atom. The van der Waals surface area contributed by atoms with Crippen molar-refractivity contribution in [3.05, 3.63) is 71.8 Å². The maximum atomic E-state index is 6.14. The van der Waals surface area contributed by atoms with E-state index in [0.29, 0.717) is 13.2 Å². The molecule has 1 aromatic heterocycles. The molecule has 1 atom stereocenters. The van der Waals surface area contributed by atoms with Crippen molar-refractivity contribution >= 4 is 0 Å². The smallest absolute Gasteiger partial charge is 0.161 e. The molecule has 38 heavy (non-hydrogen) atoms. The topological polar surface area (TPSA) is 58.0 Å². The van der Waals surface area contributed by atoms with Gasteiger partial charge in [-0.05, 0) is 69.0 Å². The molecule has 0 unspecified atom stereocenters. The van der Waals surface area contributed by atoms with Gasteiger partial charge in [0, 0.05) is 45.6 Å². The number of nitrogens with zero attached hydrogens (tertiary/aromatic N) is 3. The summed E-state index contributed by atoms with van der Waals surface area (Å²) in [5.74, 6) is 3.59. The summed E-state index contributed by atoms with van der Waals surface area (Å²) in [6.07, 6.45) is 8.74. The highest BCUT2D eigenvalue weighted by Crippen LogP contribution is 2.31. The number of hydrogen-bond acceptors (Lipinski definition) is 6. The molecule has 2 heterocycles. The third kappa shape index (κ3) is 7.51. The van der Waals surface area contributed by atoms with Crippen LogP contribution in [0.4, 0.5) is 0 Å². The highest BCUT2D eigenvalue weighted by atomic mass is 16.5. The van der Waals surface area contributed by atoms with Crippen LogP contribution in [0.3, 0.4) is 0 Å². The number of rotatable bonds is 13. The number of ether oxygens (including phenoxy) is 4. The summed E-state index contributed by atoms with van der Waals surface area (Å²) in [6, 6.07) is 14.5. The number of hydrogen-bond donors (Lipinski definition) is 0. The van der Waals surface area contributed by atoms with Gasteiger partial charge in [-0.3, -0.25) is 4.90 Å². The predicted octanol–water partition coefficient (Wildman–Crippen LogP) is 5.68. The molecule has 0 N–H and O–H groups in total. The summed E-state index contributed by atoms with van der Waals surface area (Å²) in [7, 11) is 3.52. The molecule has 7 heteroatoms. The molecular formula is C31H43N3O4. The highest BCUT2D eigenvalue weighted by Gasteiger charge is 2.33. The Balaban J connectivity index is 1.28. The molecule has 0 bridgehead atoms. The number of aryl methyl sites for hydroxylation is 3. The van der Waals surface area contributed by atoms with E-state index in [9.17, 15) is 0 Å². The van der Waals surface area contributed by atoms with Gasteiger partial charge >= 0.3 is 0 Å². The van der Waals surface area contributed by atoms with E-state index in [-0.39, 0.29) is 5.60 Å². The van der Waals surface area contributed by atoms with Crippen LogP contribution in [-0.2, 0) is 24.2 Å². The third-order valence-electron chi connectivity index (χ3n) is 7.50. The van der Waals surface area contributed by atoms with Crippen molar-refractivity contribution in [2.75, 3.05) is 40.5 Å². The Hall–Kier alpha value is -3.03. The van der Waals surface area contributed by atoms with E-state index < -0.39 is 0 Å². The number of methoxy groups -OCH3 is 2. The van der Waals surface area contributed by atoms with Gasteiger partial charge < -0.3 is 23.5 Å². The maximum Gasteiger partial charge on any atom is 0.161 e. The molecule has 0 amide bonds. The van der Waals surface area contributed by atoms with Gasteiger partial charge in [0.05, 0.1) is 13.7 Å². The van der Waals surface area contributed by atoms with Gasteiger partial charge in [-0.25, -0.2) is 4.98 Å². The highest BCUT2D eigenvalue weighted by molar-refractivity contribution is 5.43. The second-order valence-corrected chi connectivity index (χ2v) is 10.2. The third-order valence-corrected chi connectivity index (χ3v) is 7.50. The van der Waals surface area contributed by atoms with E-state index in [0.717, 1.165) is 81.4 Å². The summed E-state index contributed by atoms with van der Waals surface area (Å²) in [5, 5.41) is 0. The summed E-state index contributed by atoms with van der Waals surface area (Å²) in [6.45, 7) is 9.18. The fraction of sp³-hybridized carbons (Fsp3) is 0.516. The first-order valence-electron chi connectivity index (χ1n) is 13.8. The summed E-state index contributed by atoms with van der Waals surface area (Å²) >= 11 is 0. The average Bonchev–Trinajstić information content (AvgIpc) is 3.31. The van der Waals surface area contributed by atoms with Gasteiger partial charge in [0.25, 0.3) is 0 Å². The molecule has 0 radical (unpaired) electrons. The zero-order valence-corrected chi connectivity index (χ0v) is 23.4. The molecule has 0 saturated carbocycles. The minimum Gasteiger partial charge on any atom is -0.493 e. The molecule has 206 valence electrons. The Labute approximate surface area is 227 Å². The van der Waals surface area contributed by atoms with E-state index in [1.165, 1.54) is 11.1 Å². The maximum absolute atomic E-state index is 6.14. The van der Waals surface area contributed by atoms with E-state index in [1.54, 1.807) is 7.11 Å².